The molecule has 2 heterocycles. The van der Waals surface area contributed by atoms with Crippen molar-refractivity contribution in [3.05, 3.63) is 102 Å². The molecule has 0 spiro atoms. The molecule has 0 atom stereocenters. The summed E-state index contributed by atoms with van der Waals surface area (Å²) in [6.07, 6.45) is -1.81. The monoisotopic (exact) mass is 426 g/mol. The highest BCUT2D eigenvalue weighted by molar-refractivity contribution is 6.05. The highest BCUT2D eigenvalue weighted by atomic mass is 19.4. The molecule has 31 heavy (non-hydrogen) atoms. The molecule has 4 rings (SSSR count). The number of hydrogen-bond acceptors (Lipinski definition) is 3. The predicted molar refractivity (Wildman–Crippen MR) is 107 cm³/mol. The van der Waals surface area contributed by atoms with E-state index in [1.807, 2.05) is 0 Å². The number of benzene rings is 2. The molecular formula is C24H14F4O3. The van der Waals surface area contributed by atoms with Crippen LogP contribution in [-0.2, 0) is 6.18 Å². The first-order chi connectivity index (χ1) is 14.8. The van der Waals surface area contributed by atoms with Crippen molar-refractivity contribution in [3.63, 3.8) is 0 Å². The molecule has 3 nitrogen and oxygen atoms in total. The number of rotatable bonds is 5. The van der Waals surface area contributed by atoms with Crippen molar-refractivity contribution in [3.8, 4) is 22.6 Å². The van der Waals surface area contributed by atoms with Gasteiger partial charge in [0.05, 0.1) is 5.56 Å². The zero-order valence-corrected chi connectivity index (χ0v) is 15.8. The van der Waals surface area contributed by atoms with Gasteiger partial charge in [0.1, 0.15) is 23.1 Å². The third-order valence-electron chi connectivity index (χ3n) is 4.48. The molecule has 7 heteroatoms. The van der Waals surface area contributed by atoms with Gasteiger partial charge in [-0.15, -0.1) is 0 Å². The maximum atomic E-state index is 13.0. The van der Waals surface area contributed by atoms with Gasteiger partial charge in [-0.05, 0) is 72.8 Å². The SMILES string of the molecule is O=C(/C=C/c1ccc(-c2cccc(C(F)(F)F)c2)o1)c1ccc(-c2ccc(F)cc2)o1. The minimum atomic E-state index is -4.45. The lowest BCUT2D eigenvalue weighted by Crippen LogP contribution is -2.04. The number of allylic oxidation sites excluding steroid dienone is 1. The van der Waals surface area contributed by atoms with Crippen LogP contribution in [0, 0.1) is 5.82 Å². The normalized spacial score (nSPS) is 11.9. The molecular weight excluding hydrogens is 412 g/mol. The molecule has 0 aliphatic carbocycles. The topological polar surface area (TPSA) is 43.4 Å². The average Bonchev–Trinajstić information content (AvgIpc) is 3.42. The van der Waals surface area contributed by atoms with E-state index in [1.54, 1.807) is 12.1 Å². The van der Waals surface area contributed by atoms with Crippen LogP contribution in [0.5, 0.6) is 0 Å². The van der Waals surface area contributed by atoms with Crippen LogP contribution in [0.15, 0.2) is 87.7 Å². The highest BCUT2D eigenvalue weighted by Gasteiger charge is 2.30. The molecule has 0 radical (unpaired) electrons. The van der Waals surface area contributed by atoms with Gasteiger partial charge in [-0.2, -0.15) is 13.2 Å². The molecule has 0 unspecified atom stereocenters. The molecule has 0 aliphatic heterocycles. The van der Waals surface area contributed by atoms with E-state index in [0.29, 0.717) is 17.1 Å². The summed E-state index contributed by atoms with van der Waals surface area (Å²) in [7, 11) is 0. The molecule has 4 aromatic rings. The van der Waals surface area contributed by atoms with E-state index in [-0.39, 0.29) is 22.9 Å². The summed E-state index contributed by atoms with van der Waals surface area (Å²) in [5.41, 5.74) is 0.125. The zero-order valence-electron chi connectivity index (χ0n) is 15.8. The van der Waals surface area contributed by atoms with Gasteiger partial charge in [-0.1, -0.05) is 12.1 Å². The Kier molecular flexibility index (Phi) is 5.33. The number of alkyl halides is 3. The lowest BCUT2D eigenvalue weighted by Gasteiger charge is -2.07. The van der Waals surface area contributed by atoms with Gasteiger partial charge in [0.25, 0.3) is 0 Å². The van der Waals surface area contributed by atoms with Gasteiger partial charge in [-0.25, -0.2) is 4.39 Å². The second-order valence-corrected chi connectivity index (χ2v) is 6.65. The molecule has 0 saturated carbocycles. The van der Waals surface area contributed by atoms with Gasteiger partial charge < -0.3 is 8.83 Å². The highest BCUT2D eigenvalue weighted by Crippen LogP contribution is 2.32. The van der Waals surface area contributed by atoms with Gasteiger partial charge in [0.2, 0.25) is 5.78 Å². The van der Waals surface area contributed by atoms with Crippen LogP contribution in [0.1, 0.15) is 21.9 Å². The van der Waals surface area contributed by atoms with E-state index in [4.69, 9.17) is 8.83 Å². The molecule has 2 aromatic heterocycles. The van der Waals surface area contributed by atoms with Crippen molar-refractivity contribution in [2.24, 2.45) is 0 Å². The Hall–Kier alpha value is -3.87. The Morgan fingerprint density at radius 2 is 1.52 bits per heavy atom. The Morgan fingerprint density at radius 1 is 0.806 bits per heavy atom. The molecule has 2 aromatic carbocycles. The predicted octanol–water partition coefficient (Wildman–Crippen LogP) is 7.26. The van der Waals surface area contributed by atoms with Crippen LogP contribution in [0.4, 0.5) is 17.6 Å². The van der Waals surface area contributed by atoms with E-state index in [0.717, 1.165) is 12.1 Å². The summed E-state index contributed by atoms with van der Waals surface area (Å²) in [5, 5.41) is 0. The lowest BCUT2D eigenvalue weighted by atomic mass is 10.1. The number of hydrogen-bond donors (Lipinski definition) is 0. The molecule has 0 amide bonds. The van der Waals surface area contributed by atoms with Gasteiger partial charge in [0.15, 0.2) is 5.76 Å². The van der Waals surface area contributed by atoms with Crippen LogP contribution in [0.2, 0.25) is 0 Å². The number of furan rings is 2. The molecule has 0 bridgehead atoms. The molecule has 0 fully saturated rings. The summed E-state index contributed by atoms with van der Waals surface area (Å²) < 4.78 is 62.7. The van der Waals surface area contributed by atoms with Crippen molar-refractivity contribution in [1.29, 1.82) is 0 Å². The van der Waals surface area contributed by atoms with Gasteiger partial charge >= 0.3 is 6.18 Å². The van der Waals surface area contributed by atoms with Gasteiger partial charge in [-0.3, -0.25) is 4.79 Å². The van der Waals surface area contributed by atoms with Crippen molar-refractivity contribution < 1.29 is 31.2 Å². The second kappa shape index (κ2) is 8.10. The third-order valence-corrected chi connectivity index (χ3v) is 4.48. The Balaban J connectivity index is 1.48. The first kappa shape index (κ1) is 20.4. The maximum Gasteiger partial charge on any atom is 0.416 e. The van der Waals surface area contributed by atoms with Crippen molar-refractivity contribution in [1.82, 2.24) is 0 Å². The largest absolute Gasteiger partial charge is 0.457 e. The zero-order chi connectivity index (χ0) is 22.0. The maximum absolute atomic E-state index is 13.0. The van der Waals surface area contributed by atoms with Crippen LogP contribution >= 0.6 is 0 Å². The van der Waals surface area contributed by atoms with E-state index >= 15 is 0 Å². The van der Waals surface area contributed by atoms with E-state index in [2.05, 4.69) is 0 Å². The minimum absolute atomic E-state index is 0.0835. The van der Waals surface area contributed by atoms with E-state index in [9.17, 15) is 22.4 Å². The fourth-order valence-corrected chi connectivity index (χ4v) is 2.93. The Morgan fingerprint density at radius 3 is 2.26 bits per heavy atom. The first-order valence-corrected chi connectivity index (χ1v) is 9.15. The van der Waals surface area contributed by atoms with Crippen LogP contribution in [0.3, 0.4) is 0 Å². The van der Waals surface area contributed by atoms with Gasteiger partial charge in [0, 0.05) is 11.1 Å². The molecule has 0 saturated heterocycles. The fraction of sp³-hybridized carbons (Fsp3) is 0.0417. The second-order valence-electron chi connectivity index (χ2n) is 6.65. The standard InChI is InChI=1S/C24H14F4O3/c25-18-6-4-15(5-7-18)21-12-13-23(31-21)20(29)10-8-19-9-11-22(30-19)16-2-1-3-17(14-16)24(26,27)28/h1-14H/b10-8+. The Labute approximate surface area is 174 Å². The van der Waals surface area contributed by atoms with Crippen molar-refractivity contribution in [2.45, 2.75) is 6.18 Å². The average molecular weight is 426 g/mol. The number of carbonyl (C=O) groups is 1. The number of ketones is 1. The Bertz CT molecular complexity index is 1240. The molecule has 0 N–H and O–H groups in total. The summed E-state index contributed by atoms with van der Waals surface area (Å²) in [6.45, 7) is 0. The summed E-state index contributed by atoms with van der Waals surface area (Å²) >= 11 is 0. The summed E-state index contributed by atoms with van der Waals surface area (Å²) in [6, 6.07) is 16.6. The summed E-state index contributed by atoms with van der Waals surface area (Å²) in [4.78, 5) is 12.3. The third kappa shape index (κ3) is 4.66. The number of halogens is 4. The quantitative estimate of drug-likeness (QED) is 0.192. The van der Waals surface area contributed by atoms with E-state index < -0.39 is 17.5 Å². The minimum Gasteiger partial charge on any atom is -0.457 e. The first-order valence-electron chi connectivity index (χ1n) is 9.15. The number of carbonyl (C=O) groups excluding carboxylic acids is 1. The molecule has 156 valence electrons. The molecule has 0 aliphatic rings. The van der Waals surface area contributed by atoms with Crippen LogP contribution in [-0.4, -0.2) is 5.78 Å². The van der Waals surface area contributed by atoms with Crippen LogP contribution in [0.25, 0.3) is 28.7 Å². The van der Waals surface area contributed by atoms with E-state index in [1.165, 1.54) is 60.7 Å². The fourth-order valence-electron chi connectivity index (χ4n) is 2.93. The summed E-state index contributed by atoms with van der Waals surface area (Å²) in [5.74, 6) is 0.241. The van der Waals surface area contributed by atoms with Crippen LogP contribution < -0.4 is 0 Å². The smallest absolute Gasteiger partial charge is 0.416 e. The van der Waals surface area contributed by atoms with Crippen molar-refractivity contribution >= 4 is 11.9 Å². The lowest BCUT2D eigenvalue weighted by molar-refractivity contribution is -0.137. The van der Waals surface area contributed by atoms with Crippen molar-refractivity contribution in [2.75, 3.05) is 0 Å².